The Morgan fingerprint density at radius 3 is 2.62 bits per heavy atom. The summed E-state index contributed by atoms with van der Waals surface area (Å²) >= 11 is 0. The van der Waals surface area contributed by atoms with Crippen LogP contribution in [0.3, 0.4) is 0 Å². The normalized spacial score (nSPS) is 13.0. The maximum absolute atomic E-state index is 13.4. The first-order valence-corrected chi connectivity index (χ1v) is 10.6. The first-order chi connectivity index (χ1) is 15.7. The van der Waals surface area contributed by atoms with E-state index in [4.69, 9.17) is 14.6 Å². The molecule has 1 aliphatic rings. The molecule has 0 atom stereocenters. The van der Waals surface area contributed by atoms with E-state index in [1.807, 2.05) is 42.5 Å². The van der Waals surface area contributed by atoms with Crippen molar-refractivity contribution >= 4 is 16.6 Å². The minimum absolute atomic E-state index is 0.164. The summed E-state index contributed by atoms with van der Waals surface area (Å²) in [5, 5.41) is 5.31. The highest BCUT2D eigenvalue weighted by Gasteiger charge is 2.18. The van der Waals surface area contributed by atoms with Crippen LogP contribution in [0.5, 0.6) is 11.5 Å². The van der Waals surface area contributed by atoms with Gasteiger partial charge in [-0.15, -0.1) is 0 Å². The molecule has 4 heterocycles. The van der Waals surface area contributed by atoms with Crippen LogP contribution in [0.2, 0.25) is 0 Å². The molecule has 0 bridgehead atoms. The molecule has 6 rings (SSSR count). The summed E-state index contributed by atoms with van der Waals surface area (Å²) in [7, 11) is 0. The lowest BCUT2D eigenvalue weighted by Gasteiger charge is -2.19. The molecule has 0 N–H and O–H groups in total. The zero-order valence-electron chi connectivity index (χ0n) is 17.5. The van der Waals surface area contributed by atoms with Crippen LogP contribution in [0, 0.1) is 0 Å². The highest BCUT2D eigenvalue weighted by molar-refractivity contribution is 5.86. The van der Waals surface area contributed by atoms with Gasteiger partial charge in [-0.05, 0) is 30.2 Å². The van der Waals surface area contributed by atoms with Crippen molar-refractivity contribution < 1.29 is 9.47 Å². The van der Waals surface area contributed by atoms with E-state index in [1.54, 1.807) is 21.5 Å². The summed E-state index contributed by atoms with van der Waals surface area (Å²) in [6.45, 7) is 3.09. The molecule has 7 nitrogen and oxygen atoms in total. The number of rotatable bonds is 3. The van der Waals surface area contributed by atoms with E-state index in [-0.39, 0.29) is 5.56 Å². The van der Waals surface area contributed by atoms with Crippen LogP contribution in [0.4, 0.5) is 0 Å². The fraction of sp³-hybridized carbons (Fsp3) is 0.160. The summed E-state index contributed by atoms with van der Waals surface area (Å²) in [5.74, 6) is 1.33. The molecule has 0 saturated heterocycles. The van der Waals surface area contributed by atoms with Gasteiger partial charge < -0.3 is 9.47 Å². The Morgan fingerprint density at radius 2 is 1.81 bits per heavy atom. The van der Waals surface area contributed by atoms with Crippen LogP contribution in [0.1, 0.15) is 12.6 Å². The number of aryl methyl sites for hydroxylation is 1. The molecule has 158 valence electrons. The minimum Gasteiger partial charge on any atom is -0.486 e. The van der Waals surface area contributed by atoms with Gasteiger partial charge in [0, 0.05) is 24.0 Å². The van der Waals surface area contributed by atoms with E-state index in [0.717, 1.165) is 34.4 Å². The molecule has 7 heteroatoms. The maximum atomic E-state index is 13.4. The molecule has 32 heavy (non-hydrogen) atoms. The second-order valence-corrected chi connectivity index (χ2v) is 7.65. The Hall–Kier alpha value is -4.13. The number of hydrogen-bond acceptors (Lipinski definition) is 5. The van der Waals surface area contributed by atoms with E-state index in [2.05, 4.69) is 24.0 Å². The quantitative estimate of drug-likeness (QED) is 0.437. The van der Waals surface area contributed by atoms with E-state index in [1.165, 1.54) is 0 Å². The van der Waals surface area contributed by atoms with Crippen molar-refractivity contribution in [2.45, 2.75) is 13.3 Å². The SMILES string of the molecule is CCc1nn2c(ncc3c(=O)n(-c4ccc5c(c4)OCCO5)ccc32)c1-c1ccccc1. The van der Waals surface area contributed by atoms with Gasteiger partial charge in [-0.25, -0.2) is 9.50 Å². The van der Waals surface area contributed by atoms with Gasteiger partial charge in [0.1, 0.15) is 13.2 Å². The van der Waals surface area contributed by atoms with Crippen LogP contribution in [-0.4, -0.2) is 32.4 Å². The van der Waals surface area contributed by atoms with Gasteiger partial charge in [-0.1, -0.05) is 37.3 Å². The van der Waals surface area contributed by atoms with Gasteiger partial charge >= 0.3 is 0 Å². The van der Waals surface area contributed by atoms with Crippen molar-refractivity contribution in [3.05, 3.63) is 83.0 Å². The Morgan fingerprint density at radius 1 is 1.00 bits per heavy atom. The summed E-state index contributed by atoms with van der Waals surface area (Å²) in [6.07, 6.45) is 4.18. The Labute approximate surface area is 183 Å². The zero-order valence-corrected chi connectivity index (χ0v) is 17.5. The van der Waals surface area contributed by atoms with Gasteiger partial charge in [-0.2, -0.15) is 5.10 Å². The van der Waals surface area contributed by atoms with Crippen molar-refractivity contribution in [3.8, 4) is 28.3 Å². The average molecular weight is 424 g/mol. The monoisotopic (exact) mass is 424 g/mol. The van der Waals surface area contributed by atoms with Crippen molar-refractivity contribution in [3.63, 3.8) is 0 Å². The number of benzene rings is 2. The van der Waals surface area contributed by atoms with Crippen LogP contribution in [0.15, 0.2) is 71.8 Å². The topological polar surface area (TPSA) is 70.7 Å². The Balaban J connectivity index is 1.55. The van der Waals surface area contributed by atoms with Crippen molar-refractivity contribution in [1.82, 2.24) is 19.2 Å². The van der Waals surface area contributed by atoms with Crippen molar-refractivity contribution in [1.29, 1.82) is 0 Å². The number of fused-ring (bicyclic) bond motifs is 4. The third-order valence-electron chi connectivity index (χ3n) is 5.79. The molecule has 0 aliphatic carbocycles. The van der Waals surface area contributed by atoms with E-state index < -0.39 is 0 Å². The highest BCUT2D eigenvalue weighted by atomic mass is 16.6. The predicted octanol–water partition coefficient (Wildman–Crippen LogP) is 4.03. The molecule has 0 radical (unpaired) electrons. The summed E-state index contributed by atoms with van der Waals surface area (Å²) in [4.78, 5) is 18.0. The molecule has 3 aromatic heterocycles. The number of aromatic nitrogens is 4. The lowest BCUT2D eigenvalue weighted by atomic mass is 10.0. The molecule has 0 spiro atoms. The lowest BCUT2D eigenvalue weighted by molar-refractivity contribution is 0.171. The van der Waals surface area contributed by atoms with E-state index >= 15 is 0 Å². The third-order valence-corrected chi connectivity index (χ3v) is 5.79. The maximum Gasteiger partial charge on any atom is 0.266 e. The Bertz CT molecular complexity index is 1540. The van der Waals surface area contributed by atoms with Crippen LogP contribution >= 0.6 is 0 Å². The fourth-order valence-corrected chi connectivity index (χ4v) is 4.25. The summed E-state index contributed by atoms with van der Waals surface area (Å²) in [5.41, 5.74) is 5.04. The van der Waals surface area contributed by atoms with E-state index in [9.17, 15) is 4.79 Å². The Kier molecular flexibility index (Phi) is 4.21. The van der Waals surface area contributed by atoms with Crippen LogP contribution < -0.4 is 15.0 Å². The van der Waals surface area contributed by atoms with Gasteiger partial charge in [0.2, 0.25) is 0 Å². The number of ether oxygens (including phenoxy) is 2. The van der Waals surface area contributed by atoms with Gasteiger partial charge in [-0.3, -0.25) is 9.36 Å². The van der Waals surface area contributed by atoms with Gasteiger partial charge in [0.15, 0.2) is 17.1 Å². The highest BCUT2D eigenvalue weighted by Crippen LogP contribution is 2.32. The van der Waals surface area contributed by atoms with Crippen LogP contribution in [0.25, 0.3) is 33.4 Å². The lowest BCUT2D eigenvalue weighted by Crippen LogP contribution is -2.20. The van der Waals surface area contributed by atoms with Crippen molar-refractivity contribution in [2.24, 2.45) is 0 Å². The molecular weight excluding hydrogens is 404 g/mol. The average Bonchev–Trinajstić information content (AvgIpc) is 3.24. The second-order valence-electron chi connectivity index (χ2n) is 7.65. The van der Waals surface area contributed by atoms with E-state index in [0.29, 0.717) is 35.8 Å². The standard InChI is InChI=1S/C25H20N4O3/c1-2-19-23(16-6-4-3-5-7-16)24-26-15-18-20(29(24)27-19)10-11-28(25(18)30)17-8-9-21-22(14-17)32-13-12-31-21/h3-11,14-15H,2,12-13H2,1H3. The molecule has 2 aromatic carbocycles. The minimum atomic E-state index is -0.164. The second kappa shape index (κ2) is 7.23. The first-order valence-electron chi connectivity index (χ1n) is 10.6. The molecule has 0 saturated carbocycles. The molecule has 0 unspecified atom stereocenters. The zero-order chi connectivity index (χ0) is 21.7. The first kappa shape index (κ1) is 18.6. The molecule has 5 aromatic rings. The number of nitrogens with zero attached hydrogens (tertiary/aromatic N) is 4. The number of pyridine rings is 1. The smallest absolute Gasteiger partial charge is 0.266 e. The molecule has 0 fully saturated rings. The van der Waals surface area contributed by atoms with Crippen molar-refractivity contribution in [2.75, 3.05) is 13.2 Å². The molecule has 0 amide bonds. The molecule has 1 aliphatic heterocycles. The largest absolute Gasteiger partial charge is 0.486 e. The van der Waals surface area contributed by atoms with Crippen LogP contribution in [-0.2, 0) is 6.42 Å². The van der Waals surface area contributed by atoms with Gasteiger partial charge in [0.25, 0.3) is 5.56 Å². The summed E-state index contributed by atoms with van der Waals surface area (Å²) < 4.78 is 14.6. The molecular formula is C25H20N4O3. The predicted molar refractivity (Wildman–Crippen MR) is 122 cm³/mol. The van der Waals surface area contributed by atoms with Gasteiger partial charge in [0.05, 0.1) is 22.3 Å². The number of hydrogen-bond donors (Lipinski definition) is 0. The summed E-state index contributed by atoms with van der Waals surface area (Å²) in [6, 6.07) is 17.5. The fourth-order valence-electron chi connectivity index (χ4n) is 4.25. The third kappa shape index (κ3) is 2.78.